The van der Waals surface area contributed by atoms with Crippen LogP contribution >= 0.6 is 38.9 Å². The van der Waals surface area contributed by atoms with Crippen molar-refractivity contribution in [3.05, 3.63) is 57.0 Å². The largest absolute Gasteiger partial charge is 0.345 e. The van der Waals surface area contributed by atoms with Crippen LogP contribution < -0.4 is 4.90 Å². The summed E-state index contributed by atoms with van der Waals surface area (Å²) in [4.78, 5) is 21.6. The van der Waals surface area contributed by atoms with Crippen LogP contribution in [0.1, 0.15) is 15.9 Å². The summed E-state index contributed by atoms with van der Waals surface area (Å²) in [6.07, 6.45) is 0. The molecule has 0 N–H and O–H groups in total. The highest BCUT2D eigenvalue weighted by Gasteiger charge is 2.24. The van der Waals surface area contributed by atoms with E-state index in [1.165, 1.54) is 0 Å². The Morgan fingerprint density at radius 1 is 1.19 bits per heavy atom. The van der Waals surface area contributed by atoms with Gasteiger partial charge in [-0.3, -0.25) is 4.79 Å². The van der Waals surface area contributed by atoms with E-state index in [1.807, 2.05) is 41.3 Å². The third-order valence-corrected chi connectivity index (χ3v) is 6.66. The van der Waals surface area contributed by atoms with Crippen molar-refractivity contribution in [2.45, 2.75) is 6.92 Å². The predicted octanol–water partition coefficient (Wildman–Crippen LogP) is 4.98. The number of nitrogens with zero attached hydrogens (tertiary/aromatic N) is 3. The van der Waals surface area contributed by atoms with Crippen LogP contribution in [0.25, 0.3) is 10.2 Å². The van der Waals surface area contributed by atoms with Gasteiger partial charge >= 0.3 is 0 Å². The van der Waals surface area contributed by atoms with Gasteiger partial charge < -0.3 is 9.80 Å². The fourth-order valence-electron chi connectivity index (χ4n) is 3.13. The monoisotopic (exact) mass is 449 g/mol. The number of hydrogen-bond donors (Lipinski definition) is 0. The fourth-order valence-corrected chi connectivity index (χ4v) is 4.90. The van der Waals surface area contributed by atoms with Crippen LogP contribution in [-0.4, -0.2) is 42.0 Å². The smallest absolute Gasteiger partial charge is 0.254 e. The molecule has 2 heterocycles. The predicted molar refractivity (Wildman–Crippen MR) is 112 cm³/mol. The Labute approximate surface area is 169 Å². The second-order valence-corrected chi connectivity index (χ2v) is 8.63. The molecule has 4 rings (SSSR count). The molecule has 0 unspecified atom stereocenters. The zero-order valence-electron chi connectivity index (χ0n) is 14.2. The molecule has 1 saturated heterocycles. The maximum atomic E-state index is 12.7. The van der Waals surface area contributed by atoms with Gasteiger partial charge in [0.15, 0.2) is 5.13 Å². The van der Waals surface area contributed by atoms with Crippen molar-refractivity contribution in [3.63, 3.8) is 0 Å². The molecule has 3 aromatic rings. The average Bonchev–Trinajstić information content (AvgIpc) is 3.11. The lowest BCUT2D eigenvalue weighted by Gasteiger charge is -2.34. The number of benzene rings is 2. The first-order valence-corrected chi connectivity index (χ1v) is 10.4. The van der Waals surface area contributed by atoms with Gasteiger partial charge in [-0.25, -0.2) is 4.98 Å². The maximum absolute atomic E-state index is 12.7. The quantitative estimate of drug-likeness (QED) is 0.552. The van der Waals surface area contributed by atoms with Gasteiger partial charge in [-0.2, -0.15) is 0 Å². The molecule has 26 heavy (non-hydrogen) atoms. The first-order chi connectivity index (χ1) is 12.5. The number of fused-ring (bicyclic) bond motifs is 1. The van der Waals surface area contributed by atoms with E-state index < -0.39 is 0 Å². The van der Waals surface area contributed by atoms with Gasteiger partial charge in [0.05, 0.1) is 15.2 Å². The lowest BCUT2D eigenvalue weighted by Crippen LogP contribution is -2.48. The SMILES string of the molecule is Cc1ccc(Cl)c2sc(N3CCN(C(=O)c4cccc(Br)c4)CC3)nc12. The summed E-state index contributed by atoms with van der Waals surface area (Å²) in [5.41, 5.74) is 2.83. The molecule has 1 aliphatic rings. The number of anilines is 1. The topological polar surface area (TPSA) is 36.4 Å². The molecule has 4 nitrogen and oxygen atoms in total. The van der Waals surface area contributed by atoms with Crippen molar-refractivity contribution in [1.29, 1.82) is 0 Å². The number of piperazine rings is 1. The van der Waals surface area contributed by atoms with Gasteiger partial charge in [-0.05, 0) is 36.8 Å². The Kier molecular flexibility index (Phi) is 4.90. The van der Waals surface area contributed by atoms with Crippen LogP contribution in [-0.2, 0) is 0 Å². The van der Waals surface area contributed by atoms with E-state index in [2.05, 4.69) is 27.8 Å². The molecule has 1 aromatic heterocycles. The van der Waals surface area contributed by atoms with Crippen LogP contribution in [0.2, 0.25) is 5.02 Å². The highest BCUT2D eigenvalue weighted by molar-refractivity contribution is 9.10. The lowest BCUT2D eigenvalue weighted by molar-refractivity contribution is 0.0746. The van der Waals surface area contributed by atoms with Crippen molar-refractivity contribution in [2.75, 3.05) is 31.1 Å². The number of rotatable bonds is 2. The highest BCUT2D eigenvalue weighted by Crippen LogP contribution is 2.35. The number of carbonyl (C=O) groups excluding carboxylic acids is 1. The molecule has 0 saturated carbocycles. The molecule has 134 valence electrons. The summed E-state index contributed by atoms with van der Waals surface area (Å²) in [5, 5.41) is 1.73. The van der Waals surface area contributed by atoms with Gasteiger partial charge in [-0.1, -0.05) is 51.0 Å². The summed E-state index contributed by atoms with van der Waals surface area (Å²) in [5.74, 6) is 0.0779. The summed E-state index contributed by atoms with van der Waals surface area (Å²) >= 11 is 11.4. The summed E-state index contributed by atoms with van der Waals surface area (Å²) in [6.45, 7) is 4.98. The zero-order valence-corrected chi connectivity index (χ0v) is 17.4. The lowest BCUT2D eigenvalue weighted by atomic mass is 10.2. The van der Waals surface area contributed by atoms with E-state index >= 15 is 0 Å². The van der Waals surface area contributed by atoms with Crippen LogP contribution in [0, 0.1) is 6.92 Å². The number of amides is 1. The van der Waals surface area contributed by atoms with E-state index in [9.17, 15) is 4.79 Å². The zero-order chi connectivity index (χ0) is 18.3. The number of aromatic nitrogens is 1. The van der Waals surface area contributed by atoms with Crippen molar-refractivity contribution in [2.24, 2.45) is 0 Å². The van der Waals surface area contributed by atoms with E-state index in [4.69, 9.17) is 16.6 Å². The minimum Gasteiger partial charge on any atom is -0.345 e. The summed E-state index contributed by atoms with van der Waals surface area (Å²) < 4.78 is 1.96. The minimum atomic E-state index is 0.0779. The molecular formula is C19H17BrClN3OS. The van der Waals surface area contributed by atoms with Gasteiger partial charge in [0.25, 0.3) is 5.91 Å². The third kappa shape index (κ3) is 3.33. The van der Waals surface area contributed by atoms with Crippen molar-refractivity contribution in [3.8, 4) is 0 Å². The molecule has 0 bridgehead atoms. The van der Waals surface area contributed by atoms with E-state index in [0.29, 0.717) is 13.1 Å². The summed E-state index contributed by atoms with van der Waals surface area (Å²) in [6, 6.07) is 11.5. The Hall–Kier alpha value is -1.63. The Morgan fingerprint density at radius 3 is 2.65 bits per heavy atom. The van der Waals surface area contributed by atoms with Gasteiger partial charge in [0, 0.05) is 36.2 Å². The molecule has 2 aromatic carbocycles. The van der Waals surface area contributed by atoms with Gasteiger partial charge in [0.1, 0.15) is 0 Å². The molecule has 7 heteroatoms. The molecule has 1 amide bonds. The summed E-state index contributed by atoms with van der Waals surface area (Å²) in [7, 11) is 0. The molecule has 0 radical (unpaired) electrons. The molecule has 1 fully saturated rings. The van der Waals surface area contributed by atoms with Crippen molar-refractivity contribution in [1.82, 2.24) is 9.88 Å². The average molecular weight is 451 g/mol. The molecular weight excluding hydrogens is 434 g/mol. The Morgan fingerprint density at radius 2 is 1.96 bits per heavy atom. The fraction of sp³-hybridized carbons (Fsp3) is 0.263. The first kappa shape index (κ1) is 17.8. The maximum Gasteiger partial charge on any atom is 0.254 e. The standard InChI is InChI=1S/C19H17BrClN3OS/c1-12-5-6-15(21)17-16(12)22-19(26-17)24-9-7-23(8-10-24)18(25)13-3-2-4-14(20)11-13/h2-6,11H,7-10H2,1H3. The first-order valence-electron chi connectivity index (χ1n) is 8.38. The number of aryl methyl sites for hydroxylation is 1. The number of halogens is 2. The van der Waals surface area contributed by atoms with Crippen molar-refractivity contribution < 1.29 is 4.79 Å². The number of thiazole rings is 1. The van der Waals surface area contributed by atoms with Gasteiger partial charge in [0.2, 0.25) is 0 Å². The Balaban J connectivity index is 1.49. The van der Waals surface area contributed by atoms with E-state index in [-0.39, 0.29) is 5.91 Å². The highest BCUT2D eigenvalue weighted by atomic mass is 79.9. The second kappa shape index (κ2) is 7.18. The van der Waals surface area contributed by atoms with Crippen LogP contribution in [0.5, 0.6) is 0 Å². The van der Waals surface area contributed by atoms with Crippen LogP contribution in [0.4, 0.5) is 5.13 Å². The minimum absolute atomic E-state index is 0.0779. The molecule has 0 spiro atoms. The molecule has 1 aliphatic heterocycles. The molecule has 0 aliphatic carbocycles. The van der Waals surface area contributed by atoms with Crippen molar-refractivity contribution >= 4 is 60.1 Å². The van der Waals surface area contributed by atoms with Gasteiger partial charge in [-0.15, -0.1) is 0 Å². The van der Waals surface area contributed by atoms with Crippen LogP contribution in [0.15, 0.2) is 40.9 Å². The van der Waals surface area contributed by atoms with Crippen LogP contribution in [0.3, 0.4) is 0 Å². The normalized spacial score (nSPS) is 14.9. The van der Waals surface area contributed by atoms with E-state index in [1.54, 1.807) is 11.3 Å². The Bertz CT molecular complexity index is 943. The molecule has 0 atom stereocenters. The third-order valence-electron chi connectivity index (χ3n) is 4.59. The van der Waals surface area contributed by atoms with E-state index in [0.717, 1.165) is 49.1 Å². The number of carbonyl (C=O) groups is 1. The number of hydrogen-bond acceptors (Lipinski definition) is 4. The second-order valence-electron chi connectivity index (χ2n) is 6.33.